The summed E-state index contributed by atoms with van der Waals surface area (Å²) in [5.74, 6) is -0.191. The number of ether oxygens (including phenoxy) is 1. The number of carbonyl (C=O) groups is 1. The Kier molecular flexibility index (Phi) is 5.79. The third-order valence-electron chi connectivity index (χ3n) is 8.19. The summed E-state index contributed by atoms with van der Waals surface area (Å²) >= 11 is 0. The first-order valence-electron chi connectivity index (χ1n) is 13.6. The lowest BCUT2D eigenvalue weighted by molar-refractivity contribution is 0.0789. The first-order valence-corrected chi connectivity index (χ1v) is 13.6. The van der Waals surface area contributed by atoms with Crippen LogP contribution in [-0.4, -0.2) is 53.6 Å². The fraction of sp³-hybridized carbons (Fsp3) is 0.333. The van der Waals surface area contributed by atoms with Gasteiger partial charge in [0.15, 0.2) is 17.3 Å². The van der Waals surface area contributed by atoms with Crippen LogP contribution in [0.25, 0.3) is 27.4 Å². The molecule has 200 valence electrons. The van der Waals surface area contributed by atoms with Gasteiger partial charge in [-0.3, -0.25) is 9.59 Å². The molecule has 9 heteroatoms. The van der Waals surface area contributed by atoms with Crippen LogP contribution >= 0.6 is 0 Å². The Hall–Kier alpha value is -3.95. The highest BCUT2D eigenvalue weighted by Gasteiger charge is 2.32. The number of amides is 1. The zero-order valence-corrected chi connectivity index (χ0v) is 21.5. The number of hydrogen-bond donors (Lipinski definition) is 3. The number of benzene rings is 3. The minimum absolute atomic E-state index is 0.00373. The maximum Gasteiger partial charge on any atom is 0.259 e. The Morgan fingerprint density at radius 1 is 1.18 bits per heavy atom. The number of anilines is 1. The van der Waals surface area contributed by atoms with Crippen molar-refractivity contribution in [2.75, 3.05) is 31.5 Å². The van der Waals surface area contributed by atoms with Gasteiger partial charge >= 0.3 is 0 Å². The van der Waals surface area contributed by atoms with E-state index in [2.05, 4.69) is 10.6 Å². The van der Waals surface area contributed by atoms with Gasteiger partial charge in [0.1, 0.15) is 16.8 Å². The van der Waals surface area contributed by atoms with Crippen LogP contribution in [0.4, 0.5) is 10.1 Å². The van der Waals surface area contributed by atoms with Crippen LogP contribution < -0.4 is 26.5 Å². The van der Waals surface area contributed by atoms with E-state index < -0.39 is 11.2 Å². The van der Waals surface area contributed by atoms with Crippen LogP contribution in [0.3, 0.4) is 0 Å². The highest BCUT2D eigenvalue weighted by Crippen LogP contribution is 2.46. The molecule has 4 heterocycles. The molecule has 3 aromatic carbocycles. The Balaban J connectivity index is 1.41. The van der Waals surface area contributed by atoms with Gasteiger partial charge in [0, 0.05) is 37.9 Å². The van der Waals surface area contributed by atoms with E-state index in [0.29, 0.717) is 49.1 Å². The van der Waals surface area contributed by atoms with E-state index in [1.807, 2.05) is 41.0 Å². The van der Waals surface area contributed by atoms with Gasteiger partial charge in [-0.1, -0.05) is 24.3 Å². The first kappa shape index (κ1) is 24.1. The number of likely N-dealkylation sites (tertiary alicyclic amines) is 1. The second kappa shape index (κ2) is 9.36. The van der Waals surface area contributed by atoms with Crippen LogP contribution in [0.2, 0.25) is 0 Å². The Morgan fingerprint density at radius 3 is 2.74 bits per heavy atom. The molecule has 0 aliphatic carbocycles. The van der Waals surface area contributed by atoms with E-state index in [0.717, 1.165) is 36.6 Å². The van der Waals surface area contributed by atoms with Crippen molar-refractivity contribution in [3.63, 3.8) is 0 Å². The van der Waals surface area contributed by atoms with Crippen molar-refractivity contribution in [3.05, 3.63) is 70.3 Å². The van der Waals surface area contributed by atoms with Gasteiger partial charge in [0.25, 0.3) is 5.91 Å². The molecular weight excluding hydrogens is 497 g/mol. The third-order valence-corrected chi connectivity index (χ3v) is 8.19. The normalized spacial score (nSPS) is 19.9. The second-order valence-corrected chi connectivity index (χ2v) is 10.8. The number of rotatable bonds is 5. The SMILES string of the molecule is N[C@@H]1CCN(C(=O)c2cn3c4c(c(NCCC5CCCN5)c(F)cc4c2=O)Oc2cc4ccccc4cc2-3)C1. The van der Waals surface area contributed by atoms with E-state index in [-0.39, 0.29) is 34.3 Å². The summed E-state index contributed by atoms with van der Waals surface area (Å²) in [6.45, 7) is 2.43. The maximum absolute atomic E-state index is 15.7. The van der Waals surface area contributed by atoms with E-state index >= 15 is 4.39 Å². The molecule has 8 nitrogen and oxygen atoms in total. The molecule has 1 amide bonds. The molecule has 4 N–H and O–H groups in total. The minimum atomic E-state index is -0.586. The Morgan fingerprint density at radius 2 is 2.00 bits per heavy atom. The van der Waals surface area contributed by atoms with Crippen molar-refractivity contribution < 1.29 is 13.9 Å². The number of hydrogen-bond acceptors (Lipinski definition) is 6. The molecule has 2 atom stereocenters. The Bertz CT molecular complexity index is 1690. The summed E-state index contributed by atoms with van der Waals surface area (Å²) in [6.07, 6.45) is 5.35. The average Bonchev–Trinajstić information content (AvgIpc) is 3.62. The third kappa shape index (κ3) is 4.04. The van der Waals surface area contributed by atoms with Gasteiger partial charge in [0.05, 0.1) is 11.1 Å². The number of nitrogens with two attached hydrogens (primary N) is 1. The maximum atomic E-state index is 15.7. The van der Waals surface area contributed by atoms with Crippen molar-refractivity contribution >= 4 is 33.3 Å². The molecular formula is C30H30FN5O3. The summed E-state index contributed by atoms with van der Waals surface area (Å²) < 4.78 is 23.9. The summed E-state index contributed by atoms with van der Waals surface area (Å²) in [5, 5.41) is 8.77. The molecule has 2 saturated heterocycles. The first-order chi connectivity index (χ1) is 19.0. The lowest BCUT2D eigenvalue weighted by Gasteiger charge is -2.27. The van der Waals surface area contributed by atoms with E-state index in [1.165, 1.54) is 6.07 Å². The molecule has 1 aromatic heterocycles. The predicted molar refractivity (Wildman–Crippen MR) is 150 cm³/mol. The topological polar surface area (TPSA) is 102 Å². The highest BCUT2D eigenvalue weighted by atomic mass is 19.1. The van der Waals surface area contributed by atoms with Gasteiger partial charge < -0.3 is 30.6 Å². The number of aromatic nitrogens is 1. The smallest absolute Gasteiger partial charge is 0.259 e. The van der Waals surface area contributed by atoms with Crippen LogP contribution in [0.5, 0.6) is 11.5 Å². The summed E-state index contributed by atoms with van der Waals surface area (Å²) in [7, 11) is 0. The predicted octanol–water partition coefficient (Wildman–Crippen LogP) is 4.12. The van der Waals surface area contributed by atoms with Crippen LogP contribution in [0.15, 0.2) is 53.5 Å². The van der Waals surface area contributed by atoms with E-state index in [9.17, 15) is 9.59 Å². The quantitative estimate of drug-likeness (QED) is 0.318. The molecule has 39 heavy (non-hydrogen) atoms. The van der Waals surface area contributed by atoms with Crippen LogP contribution in [-0.2, 0) is 0 Å². The summed E-state index contributed by atoms with van der Waals surface area (Å²) in [5.41, 5.74) is 6.87. The zero-order chi connectivity index (χ0) is 26.7. The summed E-state index contributed by atoms with van der Waals surface area (Å²) in [6, 6.07) is 13.3. The zero-order valence-electron chi connectivity index (χ0n) is 21.5. The van der Waals surface area contributed by atoms with Crippen molar-refractivity contribution in [2.24, 2.45) is 5.73 Å². The molecule has 3 aliphatic rings. The largest absolute Gasteiger partial charge is 0.451 e. The van der Waals surface area contributed by atoms with Crippen molar-refractivity contribution in [1.82, 2.24) is 14.8 Å². The number of pyridine rings is 1. The number of nitrogens with zero attached hydrogens (tertiary/aromatic N) is 2. The number of fused-ring (bicyclic) bond motifs is 3. The van der Waals surface area contributed by atoms with Crippen LogP contribution in [0.1, 0.15) is 36.0 Å². The number of halogens is 1. The van der Waals surface area contributed by atoms with Gasteiger partial charge in [-0.05, 0) is 61.2 Å². The molecule has 0 spiro atoms. The van der Waals surface area contributed by atoms with E-state index in [1.54, 1.807) is 11.1 Å². The summed E-state index contributed by atoms with van der Waals surface area (Å²) in [4.78, 5) is 28.8. The van der Waals surface area contributed by atoms with Gasteiger partial charge in [-0.25, -0.2) is 4.39 Å². The average molecular weight is 528 g/mol. The molecule has 7 rings (SSSR count). The number of carbonyl (C=O) groups excluding carboxylic acids is 1. The van der Waals surface area contributed by atoms with Crippen molar-refractivity contribution in [3.8, 4) is 17.2 Å². The standard InChI is InChI=1S/C30H30FN5O3/c31-23-14-21-27-29(26(23)34-10-7-20-6-3-9-33-20)39-25-13-18-5-2-1-4-17(18)12-24(25)36(27)16-22(28(21)37)30(38)35-11-8-19(32)15-35/h1-2,4-5,12-14,16,19-20,33-34H,3,6-11,15,32H2/t19-,20?/m1/s1. The van der Waals surface area contributed by atoms with Gasteiger partial charge in [-0.15, -0.1) is 0 Å². The fourth-order valence-corrected chi connectivity index (χ4v) is 6.14. The van der Waals surface area contributed by atoms with Crippen LogP contribution in [0, 0.1) is 5.82 Å². The van der Waals surface area contributed by atoms with Gasteiger partial charge in [0.2, 0.25) is 5.43 Å². The lowest BCUT2D eigenvalue weighted by Crippen LogP contribution is -2.35. The van der Waals surface area contributed by atoms with Crippen molar-refractivity contribution in [2.45, 2.75) is 37.8 Å². The Labute approximate surface area is 224 Å². The molecule has 0 saturated carbocycles. The molecule has 3 aliphatic heterocycles. The monoisotopic (exact) mass is 527 g/mol. The minimum Gasteiger partial charge on any atom is -0.451 e. The molecule has 4 aromatic rings. The molecule has 2 fully saturated rings. The lowest BCUT2D eigenvalue weighted by atomic mass is 10.0. The molecule has 1 unspecified atom stereocenters. The fourth-order valence-electron chi connectivity index (χ4n) is 6.14. The highest BCUT2D eigenvalue weighted by molar-refractivity contribution is 6.02. The van der Waals surface area contributed by atoms with E-state index in [4.69, 9.17) is 10.5 Å². The second-order valence-electron chi connectivity index (χ2n) is 10.8. The molecule has 0 radical (unpaired) electrons. The van der Waals surface area contributed by atoms with Gasteiger partial charge in [-0.2, -0.15) is 0 Å². The number of nitrogens with one attached hydrogen (secondary N) is 2. The van der Waals surface area contributed by atoms with Crippen molar-refractivity contribution in [1.29, 1.82) is 0 Å². The molecule has 0 bridgehead atoms.